The molecule has 0 radical (unpaired) electrons. The lowest BCUT2D eigenvalue weighted by atomic mass is 9.92. The average Bonchev–Trinajstić information content (AvgIpc) is 3.17. The first-order valence-electron chi connectivity index (χ1n) is 12.7. The maximum absolute atomic E-state index is 14.8. The van der Waals surface area contributed by atoms with Crippen molar-refractivity contribution < 1.29 is 18.7 Å². The molecule has 0 saturated carbocycles. The minimum Gasteiger partial charge on any atom is -0.496 e. The molecule has 7 nitrogen and oxygen atoms in total. The number of hydrogen-bond acceptors (Lipinski definition) is 7. The first-order valence-corrected chi connectivity index (χ1v) is 12.7. The number of benzene rings is 2. The minimum atomic E-state index is -0.467. The number of aromatic nitrogens is 2. The van der Waals surface area contributed by atoms with Crippen LogP contribution in [-0.4, -0.2) is 41.4 Å². The second-order valence-electron chi connectivity index (χ2n) is 9.78. The molecule has 0 spiro atoms. The lowest BCUT2D eigenvalue weighted by Gasteiger charge is -2.16. The molecule has 0 saturated heterocycles. The normalized spacial score (nSPS) is 15.5. The molecule has 3 heterocycles. The van der Waals surface area contributed by atoms with Crippen molar-refractivity contribution in [2.24, 2.45) is 4.99 Å². The van der Waals surface area contributed by atoms with E-state index in [-0.39, 0.29) is 17.8 Å². The number of ketones is 1. The van der Waals surface area contributed by atoms with E-state index in [1.165, 1.54) is 13.2 Å². The van der Waals surface area contributed by atoms with Gasteiger partial charge in [-0.3, -0.25) is 15.2 Å². The molecule has 198 valence electrons. The molecule has 2 aromatic carbocycles. The Morgan fingerprint density at radius 2 is 1.77 bits per heavy atom. The third-order valence-corrected chi connectivity index (χ3v) is 7.39. The number of allylic oxidation sites excluding steroid dienone is 3. The molecule has 2 aliphatic rings. The van der Waals surface area contributed by atoms with Crippen LogP contribution in [0, 0.1) is 11.2 Å². The second-order valence-corrected chi connectivity index (χ2v) is 9.78. The molecular formula is C32H25FN4O3. The van der Waals surface area contributed by atoms with E-state index < -0.39 is 5.82 Å². The zero-order valence-electron chi connectivity index (χ0n) is 22.4. The number of rotatable bonds is 4. The summed E-state index contributed by atoms with van der Waals surface area (Å²) < 4.78 is 25.9. The van der Waals surface area contributed by atoms with Gasteiger partial charge in [0.1, 0.15) is 17.3 Å². The van der Waals surface area contributed by atoms with Gasteiger partial charge in [0.25, 0.3) is 0 Å². The summed E-state index contributed by atoms with van der Waals surface area (Å²) in [6, 6.07) is 10.3. The highest BCUT2D eigenvalue weighted by Crippen LogP contribution is 2.40. The number of nitrogens with zero attached hydrogens (tertiary/aromatic N) is 3. The van der Waals surface area contributed by atoms with Crippen LogP contribution in [0.25, 0.3) is 33.7 Å². The largest absolute Gasteiger partial charge is 0.496 e. The van der Waals surface area contributed by atoms with Crippen molar-refractivity contribution in [3.8, 4) is 22.6 Å². The molecule has 0 amide bonds. The third-order valence-electron chi connectivity index (χ3n) is 7.39. The standard InChI is InChI=1S/C32H25FN4O3/c1-16-8-28(38)18(10-23-26(33)6-5-7-29(23)39-3)9-21-22-12-20(30(40-4)13-27(22)35-15-25(16)21)19-11-24-31(34)17(2)37-32(24)36-14-19/h5-8,10-15,34H,9H2,1-4H3/b18-10-,34-31?. The highest BCUT2D eigenvalue weighted by Gasteiger charge is 2.24. The van der Waals surface area contributed by atoms with E-state index in [1.807, 2.05) is 25.1 Å². The van der Waals surface area contributed by atoms with Crippen molar-refractivity contribution in [1.29, 1.82) is 5.41 Å². The maximum Gasteiger partial charge on any atom is 0.182 e. The van der Waals surface area contributed by atoms with Gasteiger partial charge in [-0.1, -0.05) is 6.07 Å². The molecule has 0 fully saturated rings. The number of fused-ring (bicyclic) bond motifs is 4. The number of methoxy groups -OCH3 is 2. The first kappa shape index (κ1) is 25.3. The number of carbonyl (C=O) groups is 1. The molecule has 2 aromatic heterocycles. The average molecular weight is 533 g/mol. The summed E-state index contributed by atoms with van der Waals surface area (Å²) in [4.78, 5) is 26.9. The number of ether oxygens (including phenoxy) is 2. The van der Waals surface area contributed by atoms with E-state index in [9.17, 15) is 9.18 Å². The zero-order valence-corrected chi connectivity index (χ0v) is 22.4. The summed E-state index contributed by atoms with van der Waals surface area (Å²) in [5.41, 5.74) is 7.06. The van der Waals surface area contributed by atoms with Crippen molar-refractivity contribution in [2.75, 3.05) is 14.2 Å². The SMILES string of the molecule is COc1cc2ncc3c(c2cc1-c1cnc2c(c1)C(=N)C(C)=N2)C/C(=C/c1c(F)cccc1OC)C(=O)C=C3C. The van der Waals surface area contributed by atoms with E-state index in [2.05, 4.69) is 15.0 Å². The monoisotopic (exact) mass is 532 g/mol. The van der Waals surface area contributed by atoms with E-state index in [0.29, 0.717) is 45.4 Å². The summed E-state index contributed by atoms with van der Waals surface area (Å²) in [7, 11) is 3.07. The fourth-order valence-electron chi connectivity index (χ4n) is 5.26. The lowest BCUT2D eigenvalue weighted by Crippen LogP contribution is -2.04. The molecular weight excluding hydrogens is 507 g/mol. The van der Waals surface area contributed by atoms with E-state index in [1.54, 1.807) is 50.7 Å². The van der Waals surface area contributed by atoms with E-state index in [4.69, 9.17) is 14.9 Å². The summed E-state index contributed by atoms with van der Waals surface area (Å²) in [6.07, 6.45) is 6.90. The van der Waals surface area contributed by atoms with Gasteiger partial charge in [0.05, 0.1) is 36.7 Å². The van der Waals surface area contributed by atoms with Crippen molar-refractivity contribution in [3.05, 3.63) is 88.5 Å². The van der Waals surface area contributed by atoms with E-state index in [0.717, 1.165) is 33.2 Å². The molecule has 0 bridgehead atoms. The summed E-state index contributed by atoms with van der Waals surface area (Å²) in [5, 5.41) is 9.22. The Labute approximate surface area is 230 Å². The molecule has 0 atom stereocenters. The van der Waals surface area contributed by atoms with Crippen LogP contribution in [0.2, 0.25) is 0 Å². The minimum absolute atomic E-state index is 0.197. The highest BCUT2D eigenvalue weighted by molar-refractivity contribution is 6.50. The van der Waals surface area contributed by atoms with Gasteiger partial charge in [0.15, 0.2) is 11.6 Å². The molecule has 1 N–H and O–H groups in total. The van der Waals surface area contributed by atoms with Gasteiger partial charge in [0.2, 0.25) is 0 Å². The van der Waals surface area contributed by atoms with Crippen LogP contribution in [0.15, 0.2) is 65.4 Å². The number of carbonyl (C=O) groups excluding carboxylic acids is 1. The predicted molar refractivity (Wildman–Crippen MR) is 154 cm³/mol. The summed E-state index contributed by atoms with van der Waals surface area (Å²) in [6.45, 7) is 3.67. The second kappa shape index (κ2) is 9.64. The molecule has 6 rings (SSSR count). The van der Waals surface area contributed by atoms with Gasteiger partial charge in [-0.25, -0.2) is 14.4 Å². The van der Waals surface area contributed by atoms with Crippen LogP contribution in [0.4, 0.5) is 10.2 Å². The van der Waals surface area contributed by atoms with Crippen LogP contribution in [0.3, 0.4) is 0 Å². The quantitative estimate of drug-likeness (QED) is 0.301. The van der Waals surface area contributed by atoms with Crippen molar-refractivity contribution in [1.82, 2.24) is 9.97 Å². The van der Waals surface area contributed by atoms with Gasteiger partial charge in [-0.2, -0.15) is 0 Å². The Morgan fingerprint density at radius 1 is 0.975 bits per heavy atom. The Hall–Kier alpha value is -4.98. The number of hydrogen-bond donors (Lipinski definition) is 1. The highest BCUT2D eigenvalue weighted by atomic mass is 19.1. The number of nitrogens with one attached hydrogen (secondary N) is 1. The predicted octanol–water partition coefficient (Wildman–Crippen LogP) is 6.54. The topological polar surface area (TPSA) is 97.5 Å². The number of pyridine rings is 2. The Morgan fingerprint density at radius 3 is 2.55 bits per heavy atom. The Bertz CT molecular complexity index is 1870. The van der Waals surface area contributed by atoms with Gasteiger partial charge in [-0.05, 0) is 67.0 Å². The number of aliphatic imine (C=N–C) groups is 1. The summed E-state index contributed by atoms with van der Waals surface area (Å²) >= 11 is 0. The smallest absolute Gasteiger partial charge is 0.182 e. The first-order chi connectivity index (χ1) is 19.3. The van der Waals surface area contributed by atoms with Crippen LogP contribution < -0.4 is 9.47 Å². The molecule has 1 aliphatic heterocycles. The van der Waals surface area contributed by atoms with Gasteiger partial charge >= 0.3 is 0 Å². The molecule has 1 aliphatic carbocycles. The van der Waals surface area contributed by atoms with Crippen molar-refractivity contribution in [2.45, 2.75) is 20.3 Å². The van der Waals surface area contributed by atoms with Gasteiger partial charge in [-0.15, -0.1) is 0 Å². The Kier molecular flexibility index (Phi) is 6.10. The number of halogens is 1. The molecule has 0 unspecified atom stereocenters. The van der Waals surface area contributed by atoms with Crippen LogP contribution >= 0.6 is 0 Å². The van der Waals surface area contributed by atoms with E-state index >= 15 is 0 Å². The fourth-order valence-corrected chi connectivity index (χ4v) is 5.26. The summed E-state index contributed by atoms with van der Waals surface area (Å²) in [5.74, 6) is 0.820. The molecule has 40 heavy (non-hydrogen) atoms. The van der Waals surface area contributed by atoms with Crippen LogP contribution in [0.5, 0.6) is 11.5 Å². The fraction of sp³-hybridized carbons (Fsp3) is 0.156. The lowest BCUT2D eigenvalue weighted by molar-refractivity contribution is -0.111. The van der Waals surface area contributed by atoms with Crippen molar-refractivity contribution in [3.63, 3.8) is 0 Å². The van der Waals surface area contributed by atoms with Crippen LogP contribution in [0.1, 0.15) is 36.1 Å². The molecule has 4 aromatic rings. The maximum atomic E-state index is 14.8. The Balaban J connectivity index is 1.55. The van der Waals surface area contributed by atoms with Crippen LogP contribution in [-0.2, 0) is 11.2 Å². The molecule has 8 heteroatoms. The van der Waals surface area contributed by atoms with Gasteiger partial charge < -0.3 is 9.47 Å². The third kappa shape index (κ3) is 4.09. The zero-order chi connectivity index (χ0) is 28.1. The van der Waals surface area contributed by atoms with Crippen molar-refractivity contribution >= 4 is 45.6 Å². The van der Waals surface area contributed by atoms with Gasteiger partial charge in [0, 0.05) is 52.5 Å².